The highest BCUT2D eigenvalue weighted by molar-refractivity contribution is 5.80. The summed E-state index contributed by atoms with van der Waals surface area (Å²) in [5.41, 5.74) is 6.84. The van der Waals surface area contributed by atoms with E-state index in [4.69, 9.17) is 5.21 Å². The zero-order valence-corrected chi connectivity index (χ0v) is 29.1. The molecule has 0 unspecified atom stereocenters. The number of hydrogen-bond acceptors (Lipinski definition) is 3. The molecule has 1 aromatic heterocycles. The molecule has 0 saturated carbocycles. The van der Waals surface area contributed by atoms with Crippen molar-refractivity contribution < 1.29 is 0 Å². The van der Waals surface area contributed by atoms with Gasteiger partial charge < -0.3 is 4.90 Å². The number of nitrogens with zero attached hydrogens (tertiary/aromatic N) is 4. The smallest absolute Gasteiger partial charge is 0.119 e. The molecule has 0 fully saturated rings. The average molecular weight is 621 g/mol. The fraction of sp³-hybridized carbons (Fsp3) is 0.571. The van der Waals surface area contributed by atoms with E-state index >= 15 is 0 Å². The molecule has 0 spiro atoms. The Morgan fingerprint density at radius 3 is 1.41 bits per heavy atom. The highest BCUT2D eigenvalue weighted by Crippen LogP contribution is 2.52. The van der Waals surface area contributed by atoms with Crippen molar-refractivity contribution in [2.45, 2.75) is 147 Å². The summed E-state index contributed by atoms with van der Waals surface area (Å²) in [6.45, 7) is 2.30. The first-order valence-electron chi connectivity index (χ1n) is 19.0. The summed E-state index contributed by atoms with van der Waals surface area (Å²) in [4.78, 5) is 2.35. The van der Waals surface area contributed by atoms with E-state index in [0.29, 0.717) is 0 Å². The summed E-state index contributed by atoms with van der Waals surface area (Å²) < 4.78 is 2.24. The summed E-state index contributed by atoms with van der Waals surface area (Å²) in [5, 5.41) is 9.50. The number of unbranched alkanes of at least 4 members (excludes halogenated alkanes) is 19. The molecule has 0 bridgehead atoms. The van der Waals surface area contributed by atoms with Crippen molar-refractivity contribution in [1.29, 1.82) is 0 Å². The molecular formula is C42H60N4. The minimum absolute atomic E-state index is 0.385. The van der Waals surface area contributed by atoms with Crippen LogP contribution in [0.1, 0.15) is 153 Å². The maximum atomic E-state index is 4.87. The normalized spacial score (nSPS) is 13.7. The highest BCUT2D eigenvalue weighted by Gasteiger charge is 2.45. The summed E-state index contributed by atoms with van der Waals surface area (Å²) in [6.07, 6.45) is 29.1. The number of para-hydroxylation sites is 3. The van der Waals surface area contributed by atoms with Gasteiger partial charge in [-0.05, 0) is 30.7 Å². The van der Waals surface area contributed by atoms with E-state index in [1.54, 1.807) is 0 Å². The van der Waals surface area contributed by atoms with Gasteiger partial charge in [0.25, 0.3) is 0 Å². The van der Waals surface area contributed by atoms with Crippen molar-refractivity contribution in [2.75, 3.05) is 11.9 Å². The van der Waals surface area contributed by atoms with Gasteiger partial charge in [-0.3, -0.25) is 0 Å². The fourth-order valence-corrected chi connectivity index (χ4v) is 7.90. The molecule has 0 radical (unpaired) electrons. The maximum absolute atomic E-state index is 4.87. The molecule has 1 aliphatic rings. The predicted octanol–water partition coefficient (Wildman–Crippen LogP) is 12.5. The summed E-state index contributed by atoms with van der Waals surface area (Å²) >= 11 is 0. The molecule has 4 heteroatoms. The Balaban J connectivity index is 1.06. The Kier molecular flexibility index (Phi) is 13.6. The van der Waals surface area contributed by atoms with Gasteiger partial charge in [0.05, 0.1) is 5.52 Å². The first-order chi connectivity index (χ1) is 22.8. The second kappa shape index (κ2) is 18.3. The Bertz CT molecular complexity index is 1390. The molecule has 0 amide bonds. The van der Waals surface area contributed by atoms with Crippen LogP contribution < -0.4 is 4.90 Å². The van der Waals surface area contributed by atoms with E-state index < -0.39 is 0 Å². The Hall–Kier alpha value is -3.14. The molecule has 0 N–H and O–H groups in total. The molecule has 4 nitrogen and oxygen atoms in total. The van der Waals surface area contributed by atoms with Crippen LogP contribution in [-0.4, -0.2) is 22.0 Å². The quantitative estimate of drug-likeness (QED) is 0.0820. The minimum atomic E-state index is -0.385. The number of benzene rings is 3. The molecule has 0 saturated heterocycles. The van der Waals surface area contributed by atoms with Gasteiger partial charge in [0.2, 0.25) is 0 Å². The Labute approximate surface area is 280 Å². The molecule has 1 aliphatic heterocycles. The standard InChI is InChI=1S/C42H60N4/c1-3-4-5-6-7-8-9-10-11-12-13-14-15-16-17-18-19-20-21-28-35-42(46-41-34-27-24-31-38(41)43-44-46)36-29-22-25-32-39(36)45(2)40-33-26-23-30-37(40)42/h22-27,29-34H,3-21,28,35H2,1-2H3. The van der Waals surface area contributed by atoms with Crippen molar-refractivity contribution in [3.63, 3.8) is 0 Å². The van der Waals surface area contributed by atoms with Crippen LogP contribution in [0.5, 0.6) is 0 Å². The SMILES string of the molecule is CCCCCCCCCCCCCCCCCCCCCCC1(n2nnc3ccccc32)c2ccccc2N(C)c2ccccc21. The van der Waals surface area contributed by atoms with Crippen LogP contribution in [0.15, 0.2) is 72.8 Å². The lowest BCUT2D eigenvalue weighted by atomic mass is 9.74. The summed E-state index contributed by atoms with van der Waals surface area (Å²) in [5.74, 6) is 0. The van der Waals surface area contributed by atoms with Crippen molar-refractivity contribution in [2.24, 2.45) is 0 Å². The lowest BCUT2D eigenvalue weighted by Crippen LogP contribution is -2.42. The monoisotopic (exact) mass is 620 g/mol. The molecular weight excluding hydrogens is 560 g/mol. The molecule has 46 heavy (non-hydrogen) atoms. The number of hydrogen-bond donors (Lipinski definition) is 0. The second-order valence-corrected chi connectivity index (χ2v) is 13.9. The van der Waals surface area contributed by atoms with Crippen LogP contribution in [0.25, 0.3) is 11.0 Å². The third-order valence-corrected chi connectivity index (χ3v) is 10.5. The molecule has 3 aromatic carbocycles. The van der Waals surface area contributed by atoms with Gasteiger partial charge in [0, 0.05) is 29.5 Å². The van der Waals surface area contributed by atoms with Gasteiger partial charge in [-0.25, -0.2) is 4.68 Å². The van der Waals surface area contributed by atoms with Gasteiger partial charge in [-0.2, -0.15) is 0 Å². The van der Waals surface area contributed by atoms with Gasteiger partial charge in [-0.15, -0.1) is 5.10 Å². The topological polar surface area (TPSA) is 34.0 Å². The number of fused-ring (bicyclic) bond motifs is 3. The summed E-state index contributed by atoms with van der Waals surface area (Å²) in [6, 6.07) is 26.3. The third kappa shape index (κ3) is 8.41. The van der Waals surface area contributed by atoms with Crippen LogP contribution in [-0.2, 0) is 5.54 Å². The van der Waals surface area contributed by atoms with E-state index in [2.05, 4.69) is 101 Å². The van der Waals surface area contributed by atoms with Crippen molar-refractivity contribution >= 4 is 22.4 Å². The fourth-order valence-electron chi connectivity index (χ4n) is 7.90. The predicted molar refractivity (Wildman–Crippen MR) is 197 cm³/mol. The Morgan fingerprint density at radius 2 is 0.913 bits per heavy atom. The van der Waals surface area contributed by atoms with Crippen molar-refractivity contribution in [1.82, 2.24) is 15.0 Å². The zero-order chi connectivity index (χ0) is 31.9. The van der Waals surface area contributed by atoms with Gasteiger partial charge >= 0.3 is 0 Å². The van der Waals surface area contributed by atoms with E-state index in [9.17, 15) is 0 Å². The largest absolute Gasteiger partial charge is 0.344 e. The maximum Gasteiger partial charge on any atom is 0.119 e. The first-order valence-corrected chi connectivity index (χ1v) is 19.0. The Morgan fingerprint density at radius 1 is 0.500 bits per heavy atom. The van der Waals surface area contributed by atoms with Gasteiger partial charge in [0.1, 0.15) is 11.1 Å². The van der Waals surface area contributed by atoms with Crippen molar-refractivity contribution in [3.8, 4) is 0 Å². The molecule has 0 atom stereocenters. The molecule has 4 aromatic rings. The van der Waals surface area contributed by atoms with E-state index in [-0.39, 0.29) is 5.54 Å². The van der Waals surface area contributed by atoms with Crippen LogP contribution in [0.3, 0.4) is 0 Å². The van der Waals surface area contributed by atoms with Crippen molar-refractivity contribution in [3.05, 3.63) is 83.9 Å². The lowest BCUT2D eigenvalue weighted by Gasteiger charge is -2.44. The van der Waals surface area contributed by atoms with Crippen LogP contribution >= 0.6 is 0 Å². The second-order valence-electron chi connectivity index (χ2n) is 13.9. The lowest BCUT2D eigenvalue weighted by molar-refractivity contribution is 0.344. The number of aromatic nitrogens is 3. The number of rotatable bonds is 22. The number of anilines is 2. The van der Waals surface area contributed by atoms with Crippen LogP contribution in [0.4, 0.5) is 11.4 Å². The minimum Gasteiger partial charge on any atom is -0.344 e. The first kappa shape index (κ1) is 34.2. The van der Waals surface area contributed by atoms with E-state index in [0.717, 1.165) is 17.5 Å². The highest BCUT2D eigenvalue weighted by atomic mass is 15.5. The van der Waals surface area contributed by atoms with E-state index in [1.807, 2.05) is 0 Å². The van der Waals surface area contributed by atoms with Gasteiger partial charge in [0.15, 0.2) is 0 Å². The summed E-state index contributed by atoms with van der Waals surface area (Å²) in [7, 11) is 2.19. The average Bonchev–Trinajstić information content (AvgIpc) is 3.53. The van der Waals surface area contributed by atoms with Crippen LogP contribution in [0.2, 0.25) is 0 Å². The van der Waals surface area contributed by atoms with Crippen LogP contribution in [0, 0.1) is 0 Å². The van der Waals surface area contributed by atoms with Gasteiger partial charge in [-0.1, -0.05) is 189 Å². The zero-order valence-electron chi connectivity index (χ0n) is 29.1. The third-order valence-electron chi connectivity index (χ3n) is 10.5. The van der Waals surface area contributed by atoms with E-state index in [1.165, 1.54) is 151 Å². The molecule has 248 valence electrons. The molecule has 2 heterocycles. The molecule has 5 rings (SSSR count). The molecule has 0 aliphatic carbocycles.